The molecular formula is C17H21NOS. The second-order valence-electron chi connectivity index (χ2n) is 4.59. The topological polar surface area (TPSA) is 21.3 Å². The van der Waals surface area contributed by atoms with Gasteiger partial charge in [-0.1, -0.05) is 30.3 Å². The molecule has 0 aromatic heterocycles. The van der Waals surface area contributed by atoms with Crippen LogP contribution in [0.3, 0.4) is 0 Å². The van der Waals surface area contributed by atoms with E-state index >= 15 is 0 Å². The first-order chi connectivity index (χ1) is 9.79. The van der Waals surface area contributed by atoms with Crippen LogP contribution in [0.5, 0.6) is 5.75 Å². The van der Waals surface area contributed by atoms with Crippen LogP contribution in [0, 0.1) is 0 Å². The van der Waals surface area contributed by atoms with Crippen LogP contribution in [0.15, 0.2) is 59.5 Å². The van der Waals surface area contributed by atoms with Crippen molar-refractivity contribution in [2.45, 2.75) is 17.9 Å². The number of rotatable bonds is 7. The molecule has 0 aliphatic heterocycles. The lowest BCUT2D eigenvalue weighted by atomic mass is 10.1. The van der Waals surface area contributed by atoms with E-state index in [-0.39, 0.29) is 0 Å². The molecule has 106 valence electrons. The van der Waals surface area contributed by atoms with Crippen molar-refractivity contribution in [3.63, 3.8) is 0 Å². The molecule has 0 fully saturated rings. The fraction of sp³-hybridized carbons (Fsp3) is 0.294. The van der Waals surface area contributed by atoms with Crippen molar-refractivity contribution in [1.29, 1.82) is 0 Å². The highest BCUT2D eigenvalue weighted by Crippen LogP contribution is 2.22. The number of ether oxygens (including phenoxy) is 1. The van der Waals surface area contributed by atoms with Gasteiger partial charge in [-0.3, -0.25) is 0 Å². The quantitative estimate of drug-likeness (QED) is 0.611. The normalized spacial score (nSPS) is 12.1. The van der Waals surface area contributed by atoms with Crippen LogP contribution in [0.1, 0.15) is 18.5 Å². The Labute approximate surface area is 125 Å². The molecule has 0 spiro atoms. The van der Waals surface area contributed by atoms with Crippen molar-refractivity contribution in [3.8, 4) is 5.75 Å². The summed E-state index contributed by atoms with van der Waals surface area (Å²) in [7, 11) is 1.98. The molecule has 0 aliphatic carbocycles. The molecule has 0 heterocycles. The number of benzene rings is 2. The molecule has 0 amide bonds. The predicted molar refractivity (Wildman–Crippen MR) is 86.6 cm³/mol. The maximum Gasteiger partial charge on any atom is 0.119 e. The standard InChI is InChI=1S/C17H21NOS/c1-14(18-2)15-7-6-10-17(13-15)20-12-11-19-16-8-4-3-5-9-16/h3-10,13-14,18H,11-12H2,1-2H3. The lowest BCUT2D eigenvalue weighted by Crippen LogP contribution is -2.12. The predicted octanol–water partition coefficient (Wildman–Crippen LogP) is 4.14. The first-order valence-electron chi connectivity index (χ1n) is 6.87. The highest BCUT2D eigenvalue weighted by Gasteiger charge is 2.03. The first-order valence-corrected chi connectivity index (χ1v) is 7.86. The summed E-state index contributed by atoms with van der Waals surface area (Å²) in [5.74, 6) is 1.89. The zero-order chi connectivity index (χ0) is 14.2. The lowest BCUT2D eigenvalue weighted by molar-refractivity contribution is 0.344. The maximum absolute atomic E-state index is 5.69. The summed E-state index contributed by atoms with van der Waals surface area (Å²) in [4.78, 5) is 1.29. The maximum atomic E-state index is 5.69. The molecule has 1 atom stereocenters. The molecule has 3 heteroatoms. The van der Waals surface area contributed by atoms with Gasteiger partial charge in [-0.2, -0.15) is 0 Å². The zero-order valence-electron chi connectivity index (χ0n) is 12.0. The minimum Gasteiger partial charge on any atom is -0.493 e. The molecule has 2 rings (SSSR count). The van der Waals surface area contributed by atoms with Gasteiger partial charge in [0.05, 0.1) is 6.61 Å². The number of thioether (sulfide) groups is 1. The van der Waals surface area contributed by atoms with Gasteiger partial charge in [0.2, 0.25) is 0 Å². The van der Waals surface area contributed by atoms with Gasteiger partial charge >= 0.3 is 0 Å². The summed E-state index contributed by atoms with van der Waals surface area (Å²) in [6.45, 7) is 2.89. The minimum absolute atomic E-state index is 0.385. The average molecular weight is 287 g/mol. The highest BCUT2D eigenvalue weighted by molar-refractivity contribution is 7.99. The van der Waals surface area contributed by atoms with Gasteiger partial charge in [0.1, 0.15) is 5.75 Å². The van der Waals surface area contributed by atoms with Crippen LogP contribution in [0.25, 0.3) is 0 Å². The monoisotopic (exact) mass is 287 g/mol. The molecule has 0 saturated heterocycles. The van der Waals surface area contributed by atoms with Crippen molar-refractivity contribution in [1.82, 2.24) is 5.32 Å². The Morgan fingerprint density at radius 2 is 1.90 bits per heavy atom. The third kappa shape index (κ3) is 4.58. The molecule has 0 radical (unpaired) electrons. The van der Waals surface area contributed by atoms with E-state index in [9.17, 15) is 0 Å². The smallest absolute Gasteiger partial charge is 0.119 e. The molecule has 1 N–H and O–H groups in total. The summed E-state index contributed by atoms with van der Waals surface area (Å²) in [5.41, 5.74) is 1.32. The fourth-order valence-corrected chi connectivity index (χ4v) is 2.67. The molecule has 0 aliphatic rings. The van der Waals surface area contributed by atoms with Crippen LogP contribution < -0.4 is 10.1 Å². The van der Waals surface area contributed by atoms with E-state index in [1.165, 1.54) is 10.5 Å². The molecule has 2 aromatic rings. The number of nitrogens with one attached hydrogen (secondary N) is 1. The molecule has 2 nitrogen and oxygen atoms in total. The minimum atomic E-state index is 0.385. The number of hydrogen-bond acceptors (Lipinski definition) is 3. The van der Waals surface area contributed by atoms with Gasteiger partial charge in [0, 0.05) is 16.7 Å². The number of hydrogen-bond donors (Lipinski definition) is 1. The fourth-order valence-electron chi connectivity index (χ4n) is 1.88. The van der Waals surface area contributed by atoms with Crippen molar-refractivity contribution in [2.75, 3.05) is 19.4 Å². The highest BCUT2D eigenvalue weighted by atomic mass is 32.2. The molecular weight excluding hydrogens is 266 g/mol. The molecule has 0 bridgehead atoms. The van der Waals surface area contributed by atoms with E-state index in [4.69, 9.17) is 4.74 Å². The van der Waals surface area contributed by atoms with Crippen molar-refractivity contribution < 1.29 is 4.74 Å². The summed E-state index contributed by atoms with van der Waals surface area (Å²) >= 11 is 1.83. The van der Waals surface area contributed by atoms with Gasteiger partial charge in [-0.25, -0.2) is 0 Å². The Morgan fingerprint density at radius 3 is 2.65 bits per heavy atom. The summed E-state index contributed by atoms with van der Waals surface area (Å²) in [6.07, 6.45) is 0. The molecule has 1 unspecified atom stereocenters. The van der Waals surface area contributed by atoms with Crippen LogP contribution in [-0.4, -0.2) is 19.4 Å². The van der Waals surface area contributed by atoms with Crippen molar-refractivity contribution >= 4 is 11.8 Å². The third-order valence-electron chi connectivity index (χ3n) is 3.16. The van der Waals surface area contributed by atoms with Gasteiger partial charge in [-0.15, -0.1) is 11.8 Å². The lowest BCUT2D eigenvalue weighted by Gasteiger charge is -2.12. The van der Waals surface area contributed by atoms with Gasteiger partial charge < -0.3 is 10.1 Å². The van der Waals surface area contributed by atoms with Crippen LogP contribution in [0.4, 0.5) is 0 Å². The Morgan fingerprint density at radius 1 is 1.10 bits per heavy atom. The summed E-state index contributed by atoms with van der Waals surface area (Å²) in [6, 6.07) is 19.0. The SMILES string of the molecule is CNC(C)c1cccc(SCCOc2ccccc2)c1. The van der Waals surface area contributed by atoms with E-state index in [1.54, 1.807) is 0 Å². The van der Waals surface area contributed by atoms with E-state index < -0.39 is 0 Å². The van der Waals surface area contributed by atoms with E-state index in [1.807, 2.05) is 49.1 Å². The third-order valence-corrected chi connectivity index (χ3v) is 4.11. The van der Waals surface area contributed by atoms with Crippen LogP contribution in [-0.2, 0) is 0 Å². The van der Waals surface area contributed by atoms with Gasteiger partial charge in [0.15, 0.2) is 0 Å². The Balaban J connectivity index is 1.79. The first kappa shape index (κ1) is 14.9. The van der Waals surface area contributed by atoms with Gasteiger partial charge in [-0.05, 0) is 43.8 Å². The largest absolute Gasteiger partial charge is 0.493 e. The van der Waals surface area contributed by atoms with E-state index in [0.29, 0.717) is 6.04 Å². The second-order valence-corrected chi connectivity index (χ2v) is 5.76. The second kappa shape index (κ2) is 7.98. The van der Waals surface area contributed by atoms with E-state index in [2.05, 4.69) is 36.5 Å². The summed E-state index contributed by atoms with van der Waals surface area (Å²) < 4.78 is 5.69. The van der Waals surface area contributed by atoms with Crippen LogP contribution >= 0.6 is 11.8 Å². The molecule has 0 saturated carbocycles. The van der Waals surface area contributed by atoms with Crippen molar-refractivity contribution in [2.24, 2.45) is 0 Å². The van der Waals surface area contributed by atoms with Crippen LogP contribution in [0.2, 0.25) is 0 Å². The van der Waals surface area contributed by atoms with Crippen molar-refractivity contribution in [3.05, 3.63) is 60.2 Å². The Kier molecular flexibility index (Phi) is 5.96. The average Bonchev–Trinajstić information content (AvgIpc) is 2.52. The van der Waals surface area contributed by atoms with Gasteiger partial charge in [0.25, 0.3) is 0 Å². The Bertz CT molecular complexity index is 515. The van der Waals surface area contributed by atoms with E-state index in [0.717, 1.165) is 18.1 Å². The Hall–Kier alpha value is -1.45. The number of para-hydroxylation sites is 1. The zero-order valence-corrected chi connectivity index (χ0v) is 12.8. The molecule has 2 aromatic carbocycles. The summed E-state index contributed by atoms with van der Waals surface area (Å²) in [5, 5.41) is 3.26. The molecule has 20 heavy (non-hydrogen) atoms.